The largest absolute Gasteiger partial charge is 0.497 e. The van der Waals surface area contributed by atoms with E-state index >= 15 is 0 Å². The molecule has 0 fully saturated rings. The van der Waals surface area contributed by atoms with Crippen LogP contribution in [0.4, 0.5) is 5.69 Å². The lowest BCUT2D eigenvalue weighted by atomic mass is 10.1. The number of hydrogen-bond donors (Lipinski definition) is 4. The highest BCUT2D eigenvalue weighted by Crippen LogP contribution is 2.28. The lowest BCUT2D eigenvalue weighted by molar-refractivity contribution is -0.127. The van der Waals surface area contributed by atoms with Crippen LogP contribution in [0.1, 0.15) is 12.5 Å². The van der Waals surface area contributed by atoms with Crippen LogP contribution in [0.2, 0.25) is 0 Å². The molecule has 0 aliphatic carbocycles. The first-order valence-corrected chi connectivity index (χ1v) is 11.9. The normalized spacial score (nSPS) is 12.4. The number of amides is 1. The molecule has 0 saturated carbocycles. The van der Waals surface area contributed by atoms with Crippen molar-refractivity contribution in [3.05, 3.63) is 66.2 Å². The molecule has 3 aromatic rings. The molecule has 0 saturated heterocycles. The molecule has 1 heterocycles. The summed E-state index contributed by atoms with van der Waals surface area (Å²) in [5.74, 6) is 1.87. The van der Waals surface area contributed by atoms with Crippen LogP contribution in [0.25, 0.3) is 11.3 Å². The van der Waals surface area contributed by atoms with E-state index in [1.807, 2.05) is 54.6 Å². The summed E-state index contributed by atoms with van der Waals surface area (Å²) in [6, 6.07) is 18.9. The van der Waals surface area contributed by atoms with Gasteiger partial charge in [0.05, 0.1) is 25.6 Å². The number of anilines is 1. The number of thiol groups is 1. The number of nitrogens with two attached hydrogens (primary N) is 1. The van der Waals surface area contributed by atoms with Crippen LogP contribution in [0, 0.1) is 0 Å². The van der Waals surface area contributed by atoms with Crippen molar-refractivity contribution in [3.8, 4) is 28.6 Å². The molecule has 0 aliphatic heterocycles. The fourth-order valence-electron chi connectivity index (χ4n) is 3.26. The molecule has 35 heavy (non-hydrogen) atoms. The molecule has 186 valence electrons. The van der Waals surface area contributed by atoms with Crippen LogP contribution in [-0.2, 0) is 11.3 Å². The molecule has 0 radical (unpaired) electrons. The highest BCUT2D eigenvalue weighted by Gasteiger charge is 2.19. The zero-order valence-electron chi connectivity index (χ0n) is 20.2. The standard InChI is InChI=1S/C26H32N4O4S/c1-17(25(31)29-14-18-11-21(32-2)13-22(12-18)33-3)34-26-24(28-15-20(27)16-35)10-9-23(30-26)19-7-5-4-6-8-19/h4-13,17,20,28,35H,14-16,27H2,1-3H3,(H,29,31)/t17-,20?/m1/s1. The van der Waals surface area contributed by atoms with Gasteiger partial charge in [-0.1, -0.05) is 30.3 Å². The third kappa shape index (κ3) is 7.53. The maximum atomic E-state index is 12.8. The number of ether oxygens (including phenoxy) is 3. The fraction of sp³-hybridized carbons (Fsp3) is 0.308. The number of rotatable bonds is 12. The Hall–Kier alpha value is -3.43. The first-order chi connectivity index (χ1) is 16.9. The van der Waals surface area contributed by atoms with Crippen molar-refractivity contribution in [1.29, 1.82) is 0 Å². The van der Waals surface area contributed by atoms with Gasteiger partial charge in [-0.25, -0.2) is 4.98 Å². The van der Waals surface area contributed by atoms with E-state index in [4.69, 9.17) is 19.9 Å². The molecule has 1 aromatic heterocycles. The van der Waals surface area contributed by atoms with E-state index in [1.165, 1.54) is 0 Å². The molecule has 1 amide bonds. The number of nitrogens with one attached hydrogen (secondary N) is 2. The molecule has 0 aliphatic rings. The van der Waals surface area contributed by atoms with Gasteiger partial charge in [0, 0.05) is 36.5 Å². The van der Waals surface area contributed by atoms with E-state index in [-0.39, 0.29) is 11.9 Å². The SMILES string of the molecule is COc1cc(CNC(=O)[C@@H](C)Oc2nc(-c3ccccc3)ccc2NCC(N)CS)cc(OC)c1. The molecule has 1 unspecified atom stereocenters. The van der Waals surface area contributed by atoms with E-state index in [2.05, 4.69) is 28.2 Å². The molecule has 8 nitrogen and oxygen atoms in total. The van der Waals surface area contributed by atoms with Crippen molar-refractivity contribution < 1.29 is 19.0 Å². The summed E-state index contributed by atoms with van der Waals surface area (Å²) in [4.78, 5) is 17.5. The monoisotopic (exact) mass is 496 g/mol. The first kappa shape index (κ1) is 26.2. The lowest BCUT2D eigenvalue weighted by Gasteiger charge is -2.19. The Bertz CT molecular complexity index is 1090. The number of methoxy groups -OCH3 is 2. The predicted molar refractivity (Wildman–Crippen MR) is 141 cm³/mol. The van der Waals surface area contributed by atoms with E-state index in [0.717, 1.165) is 16.8 Å². The Kier molecular flexibility index (Phi) is 9.63. The van der Waals surface area contributed by atoms with Gasteiger partial charge in [0.1, 0.15) is 11.5 Å². The average Bonchev–Trinajstić information content (AvgIpc) is 2.90. The number of carbonyl (C=O) groups excluding carboxylic acids is 1. The van der Waals surface area contributed by atoms with Crippen LogP contribution in [0.3, 0.4) is 0 Å². The molecular weight excluding hydrogens is 464 g/mol. The van der Waals surface area contributed by atoms with Crippen molar-refractivity contribution in [2.75, 3.05) is 31.8 Å². The maximum Gasteiger partial charge on any atom is 0.261 e. The molecule has 0 bridgehead atoms. The summed E-state index contributed by atoms with van der Waals surface area (Å²) in [5, 5.41) is 6.14. The second kappa shape index (κ2) is 12.9. The van der Waals surface area contributed by atoms with E-state index in [0.29, 0.717) is 41.9 Å². The fourth-order valence-corrected chi connectivity index (χ4v) is 3.39. The van der Waals surface area contributed by atoms with E-state index < -0.39 is 6.10 Å². The Labute approximate surface area is 211 Å². The van der Waals surface area contributed by atoms with Crippen LogP contribution in [0.15, 0.2) is 60.7 Å². The molecule has 2 atom stereocenters. The summed E-state index contributed by atoms with van der Waals surface area (Å²) in [5.41, 5.74) is 9.17. The quantitative estimate of drug-likeness (QED) is 0.284. The lowest BCUT2D eigenvalue weighted by Crippen LogP contribution is -2.36. The summed E-state index contributed by atoms with van der Waals surface area (Å²) in [6.45, 7) is 2.46. The predicted octanol–water partition coefficient (Wildman–Crippen LogP) is 3.52. The molecule has 9 heteroatoms. The molecule has 0 spiro atoms. The molecule has 3 rings (SSSR count). The zero-order chi connectivity index (χ0) is 25.2. The summed E-state index contributed by atoms with van der Waals surface area (Å²) in [6.07, 6.45) is -0.792. The zero-order valence-corrected chi connectivity index (χ0v) is 21.0. The van der Waals surface area contributed by atoms with Crippen molar-refractivity contribution in [1.82, 2.24) is 10.3 Å². The first-order valence-electron chi connectivity index (χ1n) is 11.3. The second-order valence-electron chi connectivity index (χ2n) is 7.94. The Balaban J connectivity index is 1.74. The molecular formula is C26H32N4O4S. The van der Waals surface area contributed by atoms with E-state index in [9.17, 15) is 4.79 Å². The van der Waals surface area contributed by atoms with E-state index in [1.54, 1.807) is 27.2 Å². The highest BCUT2D eigenvalue weighted by atomic mass is 32.1. The number of nitrogens with zero attached hydrogens (tertiary/aromatic N) is 1. The topological polar surface area (TPSA) is 108 Å². The minimum absolute atomic E-state index is 0.138. The molecule has 4 N–H and O–H groups in total. The number of aromatic nitrogens is 1. The van der Waals surface area contributed by atoms with Crippen molar-refractivity contribution in [2.24, 2.45) is 5.73 Å². The van der Waals surface area contributed by atoms with Gasteiger partial charge in [0.2, 0.25) is 5.88 Å². The minimum atomic E-state index is -0.792. The number of carbonyl (C=O) groups is 1. The smallest absolute Gasteiger partial charge is 0.261 e. The van der Waals surface area contributed by atoms with Gasteiger partial charge in [-0.15, -0.1) is 0 Å². The van der Waals surface area contributed by atoms with Gasteiger partial charge >= 0.3 is 0 Å². The second-order valence-corrected chi connectivity index (χ2v) is 8.30. The highest BCUT2D eigenvalue weighted by molar-refractivity contribution is 7.80. The maximum absolute atomic E-state index is 12.8. The Morgan fingerprint density at radius 2 is 1.74 bits per heavy atom. The van der Waals surface area contributed by atoms with Gasteiger partial charge in [0.25, 0.3) is 5.91 Å². The number of hydrogen-bond acceptors (Lipinski definition) is 8. The van der Waals surface area contributed by atoms with Crippen molar-refractivity contribution in [3.63, 3.8) is 0 Å². The van der Waals surface area contributed by atoms with Crippen molar-refractivity contribution >= 4 is 24.2 Å². The summed E-state index contributed by atoms with van der Waals surface area (Å²) < 4.78 is 16.6. The number of pyridine rings is 1. The van der Waals surface area contributed by atoms with Crippen LogP contribution >= 0.6 is 12.6 Å². The van der Waals surface area contributed by atoms with Gasteiger partial charge in [-0.3, -0.25) is 4.79 Å². The molecule has 2 aromatic carbocycles. The van der Waals surface area contributed by atoms with Gasteiger partial charge in [-0.05, 0) is 36.8 Å². The van der Waals surface area contributed by atoms with Gasteiger partial charge in [-0.2, -0.15) is 12.6 Å². The van der Waals surface area contributed by atoms with Crippen LogP contribution in [-0.4, -0.2) is 49.6 Å². The third-order valence-corrected chi connectivity index (χ3v) is 5.72. The summed E-state index contributed by atoms with van der Waals surface area (Å²) in [7, 11) is 3.16. The van der Waals surface area contributed by atoms with Crippen LogP contribution < -0.4 is 30.6 Å². The van der Waals surface area contributed by atoms with Gasteiger partial charge in [0.15, 0.2) is 6.10 Å². The third-order valence-electron chi connectivity index (χ3n) is 5.25. The Morgan fingerprint density at radius 1 is 1.06 bits per heavy atom. The Morgan fingerprint density at radius 3 is 2.37 bits per heavy atom. The van der Waals surface area contributed by atoms with Gasteiger partial charge < -0.3 is 30.6 Å². The summed E-state index contributed by atoms with van der Waals surface area (Å²) >= 11 is 4.23. The van der Waals surface area contributed by atoms with Crippen LogP contribution in [0.5, 0.6) is 17.4 Å². The average molecular weight is 497 g/mol. The van der Waals surface area contributed by atoms with Crippen molar-refractivity contribution in [2.45, 2.75) is 25.6 Å². The minimum Gasteiger partial charge on any atom is -0.497 e. The number of benzene rings is 2.